The smallest absolute Gasteiger partial charge is 0.133 e. The van der Waals surface area contributed by atoms with E-state index in [1.54, 1.807) is 20.5 Å². The molecule has 1 aliphatic heterocycles. The van der Waals surface area contributed by atoms with Crippen LogP contribution < -0.4 is 5.32 Å². The van der Waals surface area contributed by atoms with E-state index < -0.39 is 0 Å². The Kier molecular flexibility index (Phi) is 22.1. The van der Waals surface area contributed by atoms with Gasteiger partial charge >= 0.3 is 0 Å². The molecule has 0 bridgehead atoms. The molecular weight excluding hydrogens is 478 g/mol. The maximum Gasteiger partial charge on any atom is 0.133 e. The van der Waals surface area contributed by atoms with E-state index in [-0.39, 0.29) is 0 Å². The summed E-state index contributed by atoms with van der Waals surface area (Å²) in [5.74, 6) is 0.678. The second-order valence-electron chi connectivity index (χ2n) is 10.8. The van der Waals surface area contributed by atoms with Crippen LogP contribution in [0.1, 0.15) is 73.3 Å². The predicted octanol–water partition coefficient (Wildman–Crippen LogP) is 6.73. The molecule has 2 heterocycles. The van der Waals surface area contributed by atoms with E-state index in [0.717, 1.165) is 44.6 Å². The quantitative estimate of drug-likeness (QED) is 0.377. The predicted molar refractivity (Wildman–Crippen MR) is 161 cm³/mol. The highest BCUT2D eigenvalue weighted by Gasteiger charge is 2.13. The first kappa shape index (κ1) is 37.5. The minimum Gasteiger partial charge on any atom is -0.464 e. The molecule has 0 radical (unpaired) electrons. The van der Waals surface area contributed by atoms with Crippen molar-refractivity contribution >= 4 is 24.0 Å². The van der Waals surface area contributed by atoms with Crippen LogP contribution in [0.2, 0.25) is 0 Å². The molecule has 0 saturated carbocycles. The van der Waals surface area contributed by atoms with Gasteiger partial charge in [0.2, 0.25) is 0 Å². The Bertz CT molecular complexity index is 871. The molecule has 0 aliphatic carbocycles. The van der Waals surface area contributed by atoms with Crippen LogP contribution in [0.3, 0.4) is 0 Å². The van der Waals surface area contributed by atoms with Gasteiger partial charge in [-0.25, -0.2) is 0 Å². The van der Waals surface area contributed by atoms with Gasteiger partial charge in [0, 0.05) is 51.6 Å². The minimum atomic E-state index is 0.542. The summed E-state index contributed by atoms with van der Waals surface area (Å²) in [6.45, 7) is 21.2. The average molecular weight is 534 g/mol. The highest BCUT2D eigenvalue weighted by Crippen LogP contribution is 2.19. The van der Waals surface area contributed by atoms with E-state index in [1.807, 2.05) is 12.9 Å². The number of hydrogen-bond acceptors (Lipinski definition) is 7. The van der Waals surface area contributed by atoms with Gasteiger partial charge in [-0.15, -0.1) is 0 Å². The lowest BCUT2D eigenvalue weighted by Gasteiger charge is -2.25. The van der Waals surface area contributed by atoms with E-state index in [0.29, 0.717) is 11.3 Å². The molecule has 0 unspecified atom stereocenters. The van der Waals surface area contributed by atoms with Crippen LogP contribution in [-0.2, 0) is 20.9 Å². The molecule has 1 aromatic carbocycles. The third-order valence-electron chi connectivity index (χ3n) is 5.60. The number of fused-ring (bicyclic) bond motifs is 1. The molecule has 3 rings (SSSR count). The van der Waals surface area contributed by atoms with Crippen molar-refractivity contribution < 1.29 is 18.7 Å². The van der Waals surface area contributed by atoms with Crippen molar-refractivity contribution in [1.82, 2.24) is 15.1 Å². The fourth-order valence-corrected chi connectivity index (χ4v) is 3.38. The van der Waals surface area contributed by atoms with Crippen molar-refractivity contribution in [3.05, 3.63) is 48.0 Å². The standard InChI is InChI=1S/C20H29N3O.C6H14.C2H6O.C2H4O.CH2O/c1-16(2)13-23(9-4-5-19-12-21-15-22(19)3)14-17-6-7-20-18(11-17)8-10-24-20;1-5-6(2,3)4;1-3-2;1-2-3;1-2/h6-8,10-12,16,21H,4-5,9,13-15H2,1-3H3;5H2,1-4H3;1-2H3;2H,1H3;1H2. The Morgan fingerprint density at radius 1 is 1.21 bits per heavy atom. The molecule has 0 spiro atoms. The summed E-state index contributed by atoms with van der Waals surface area (Å²) in [6.07, 6.45) is 8.27. The van der Waals surface area contributed by atoms with Gasteiger partial charge in [-0.3, -0.25) is 4.90 Å². The molecule has 1 N–H and O–H groups in total. The summed E-state index contributed by atoms with van der Waals surface area (Å²) in [4.78, 5) is 21.7. The molecule has 7 heteroatoms. The van der Waals surface area contributed by atoms with E-state index >= 15 is 0 Å². The zero-order valence-corrected chi connectivity index (χ0v) is 25.8. The molecule has 0 fully saturated rings. The van der Waals surface area contributed by atoms with Gasteiger partial charge in [-0.2, -0.15) is 0 Å². The van der Waals surface area contributed by atoms with Gasteiger partial charge in [-0.05, 0) is 61.4 Å². The molecular formula is C31H55N3O4. The maximum absolute atomic E-state index is 8.81. The first-order valence-electron chi connectivity index (χ1n) is 13.4. The van der Waals surface area contributed by atoms with Gasteiger partial charge in [0.05, 0.1) is 12.9 Å². The molecule has 1 aliphatic rings. The second kappa shape index (κ2) is 22.4. The number of carbonyl (C=O) groups is 2. The monoisotopic (exact) mass is 533 g/mol. The molecule has 218 valence electrons. The fraction of sp³-hybridized carbons (Fsp3) is 0.613. The number of furan rings is 1. The highest BCUT2D eigenvalue weighted by atomic mass is 16.4. The van der Waals surface area contributed by atoms with E-state index in [4.69, 9.17) is 14.0 Å². The summed E-state index contributed by atoms with van der Waals surface area (Å²) >= 11 is 0. The zero-order chi connectivity index (χ0) is 29.6. The molecule has 1 aromatic heterocycles. The number of ether oxygens (including phenoxy) is 1. The summed E-state index contributed by atoms with van der Waals surface area (Å²) in [6, 6.07) is 8.57. The Labute approximate surface area is 232 Å². The second-order valence-corrected chi connectivity index (χ2v) is 10.8. The van der Waals surface area contributed by atoms with Crippen LogP contribution in [-0.4, -0.2) is 63.9 Å². The van der Waals surface area contributed by atoms with Crippen LogP contribution in [0.15, 0.2) is 46.8 Å². The summed E-state index contributed by atoms with van der Waals surface area (Å²) in [5.41, 5.74) is 4.29. The van der Waals surface area contributed by atoms with Crippen molar-refractivity contribution in [3.8, 4) is 0 Å². The van der Waals surface area contributed by atoms with Crippen molar-refractivity contribution in [2.24, 2.45) is 11.3 Å². The van der Waals surface area contributed by atoms with Crippen LogP contribution >= 0.6 is 0 Å². The highest BCUT2D eigenvalue weighted by molar-refractivity contribution is 5.77. The van der Waals surface area contributed by atoms with Crippen molar-refractivity contribution in [2.75, 3.05) is 41.0 Å². The van der Waals surface area contributed by atoms with Crippen LogP contribution in [0, 0.1) is 11.3 Å². The molecule has 2 aromatic rings. The largest absolute Gasteiger partial charge is 0.464 e. The number of methoxy groups -OCH3 is 1. The van der Waals surface area contributed by atoms with E-state index in [9.17, 15) is 0 Å². The number of hydrogen-bond donors (Lipinski definition) is 1. The first-order chi connectivity index (χ1) is 18.0. The molecule has 0 saturated heterocycles. The number of aldehydes is 1. The van der Waals surface area contributed by atoms with Gasteiger partial charge in [0.25, 0.3) is 0 Å². The van der Waals surface area contributed by atoms with Crippen LogP contribution in [0.4, 0.5) is 0 Å². The Balaban J connectivity index is 0. The number of nitrogens with one attached hydrogen (secondary N) is 1. The minimum absolute atomic E-state index is 0.542. The number of carbonyl (C=O) groups excluding carboxylic acids is 2. The third kappa shape index (κ3) is 18.6. The lowest BCUT2D eigenvalue weighted by Crippen LogP contribution is -2.29. The number of allylic oxidation sites excluding steroid dienone is 1. The van der Waals surface area contributed by atoms with Crippen molar-refractivity contribution in [2.45, 2.75) is 74.3 Å². The SMILES string of the molecule is C=O.CC(C)CN(CCCC1=CNCN1C)Cc1ccc2occc2c1.CC=O.CCC(C)(C)C.COC. The average Bonchev–Trinajstić information content (AvgIpc) is 3.49. The number of nitrogens with zero attached hydrogens (tertiary/aromatic N) is 2. The lowest BCUT2D eigenvalue weighted by molar-refractivity contribution is -0.106. The molecule has 38 heavy (non-hydrogen) atoms. The van der Waals surface area contributed by atoms with E-state index in [2.05, 4.69) is 92.8 Å². The van der Waals surface area contributed by atoms with Gasteiger partial charge < -0.3 is 29.0 Å². The third-order valence-corrected chi connectivity index (χ3v) is 5.60. The lowest BCUT2D eigenvalue weighted by atomic mass is 9.94. The number of benzene rings is 1. The summed E-state index contributed by atoms with van der Waals surface area (Å²) in [7, 11) is 5.40. The van der Waals surface area contributed by atoms with Crippen molar-refractivity contribution in [3.63, 3.8) is 0 Å². The summed E-state index contributed by atoms with van der Waals surface area (Å²) in [5, 5.41) is 4.48. The Morgan fingerprint density at radius 2 is 1.79 bits per heavy atom. The number of rotatable bonds is 8. The fourth-order valence-electron chi connectivity index (χ4n) is 3.38. The maximum atomic E-state index is 8.81. The topological polar surface area (TPSA) is 75.0 Å². The zero-order valence-electron chi connectivity index (χ0n) is 25.8. The molecule has 7 nitrogen and oxygen atoms in total. The van der Waals surface area contributed by atoms with Gasteiger partial charge in [-0.1, -0.05) is 54.0 Å². The van der Waals surface area contributed by atoms with E-state index in [1.165, 1.54) is 36.4 Å². The van der Waals surface area contributed by atoms with Crippen LogP contribution in [0.25, 0.3) is 11.0 Å². The summed E-state index contributed by atoms with van der Waals surface area (Å²) < 4.78 is 9.69. The Hall–Kier alpha value is -2.64. The van der Waals surface area contributed by atoms with Crippen molar-refractivity contribution in [1.29, 1.82) is 0 Å². The molecule has 0 atom stereocenters. The Morgan fingerprint density at radius 3 is 2.26 bits per heavy atom. The first-order valence-corrected chi connectivity index (χ1v) is 13.4. The van der Waals surface area contributed by atoms with Crippen LogP contribution in [0.5, 0.6) is 0 Å². The van der Waals surface area contributed by atoms with Gasteiger partial charge in [0.15, 0.2) is 0 Å². The normalized spacial score (nSPS) is 12.1. The van der Waals surface area contributed by atoms with Gasteiger partial charge in [0.1, 0.15) is 18.7 Å². The molecule has 0 amide bonds.